The molecule has 0 bridgehead atoms. The average Bonchev–Trinajstić information content (AvgIpc) is 3.91. The molecule has 6 aromatic rings. The second-order valence-corrected chi connectivity index (χ2v) is 18.5. The van der Waals surface area contributed by atoms with Crippen molar-refractivity contribution in [3.63, 3.8) is 0 Å². The first kappa shape index (κ1) is 38.7. The van der Waals surface area contributed by atoms with Crippen molar-refractivity contribution in [1.82, 2.24) is 18.6 Å². The van der Waals surface area contributed by atoms with E-state index in [9.17, 15) is 25.6 Å². The van der Waals surface area contributed by atoms with Gasteiger partial charge in [0.25, 0.3) is 0 Å². The molecular weight excluding hydrogens is 783 g/mol. The van der Waals surface area contributed by atoms with E-state index in [1.165, 1.54) is 62.7 Å². The lowest BCUT2D eigenvalue weighted by atomic mass is 10.1. The van der Waals surface area contributed by atoms with Gasteiger partial charge in [0, 0.05) is 74.2 Å². The first-order valence-electron chi connectivity index (χ1n) is 17.5. The summed E-state index contributed by atoms with van der Waals surface area (Å²) < 4.78 is 79.9. The zero-order chi connectivity index (χ0) is 38.6. The van der Waals surface area contributed by atoms with Gasteiger partial charge in [0.2, 0.25) is 20.0 Å². The molecule has 286 valence electrons. The monoisotopic (exact) mass is 820 g/mol. The molecule has 10 nitrogen and oxygen atoms in total. The Morgan fingerprint density at radius 2 is 0.945 bits per heavy atom. The molecule has 2 aliphatic rings. The third kappa shape index (κ3) is 8.79. The van der Waals surface area contributed by atoms with Gasteiger partial charge in [-0.05, 0) is 61.0 Å². The summed E-state index contributed by atoms with van der Waals surface area (Å²) in [5.74, 6) is -0.895. The fourth-order valence-corrected chi connectivity index (χ4v) is 10.9. The molecule has 55 heavy (non-hydrogen) atoms. The third-order valence-electron chi connectivity index (χ3n) is 9.40. The highest BCUT2D eigenvalue weighted by atomic mass is 32.2. The number of piperazine rings is 2. The minimum Gasteiger partial charge on any atom is -0.345 e. The highest BCUT2D eigenvalue weighted by Crippen LogP contribution is 2.31. The van der Waals surface area contributed by atoms with E-state index in [2.05, 4.69) is 28.9 Å². The van der Waals surface area contributed by atoms with Crippen molar-refractivity contribution in [3.8, 4) is 22.5 Å². The van der Waals surface area contributed by atoms with Gasteiger partial charge in [-0.3, -0.25) is 0 Å². The number of nitrogens with zero attached hydrogens (tertiary/aromatic N) is 6. The summed E-state index contributed by atoms with van der Waals surface area (Å²) in [6.45, 7) is 5.85. The third-order valence-corrected chi connectivity index (χ3v) is 15.0. The number of anilines is 2. The summed E-state index contributed by atoms with van der Waals surface area (Å²) in [4.78, 5) is 13.9. The molecule has 0 aliphatic carbocycles. The van der Waals surface area contributed by atoms with E-state index >= 15 is 0 Å². The number of thiazole rings is 2. The second-order valence-electron chi connectivity index (χ2n) is 12.9. The Labute approximate surface area is 328 Å². The summed E-state index contributed by atoms with van der Waals surface area (Å²) in [6.07, 6.45) is 0. The topological polar surface area (TPSA) is 107 Å². The fraction of sp³-hybridized carbons (Fsp3) is 0.231. The number of hydrogen-bond acceptors (Lipinski definition) is 10. The minimum absolute atomic E-state index is 0.123. The molecule has 0 atom stereocenters. The lowest BCUT2D eigenvalue weighted by molar-refractivity contribution is 0.384. The Morgan fingerprint density at radius 1 is 0.527 bits per heavy atom. The van der Waals surface area contributed by atoms with Crippen LogP contribution in [-0.2, 0) is 20.0 Å². The van der Waals surface area contributed by atoms with E-state index in [-0.39, 0.29) is 9.79 Å². The lowest BCUT2D eigenvalue weighted by Crippen LogP contribution is -2.48. The Hall–Kier alpha value is -4.58. The van der Waals surface area contributed by atoms with Crippen molar-refractivity contribution in [2.24, 2.45) is 0 Å². The average molecular weight is 821 g/mol. The van der Waals surface area contributed by atoms with Crippen LogP contribution in [0.5, 0.6) is 0 Å². The molecule has 2 aromatic heterocycles. The normalized spacial score (nSPS) is 15.8. The number of aromatic nitrogens is 2. The molecule has 0 N–H and O–H groups in total. The summed E-state index contributed by atoms with van der Waals surface area (Å²) in [5.41, 5.74) is 5.23. The molecule has 16 heteroatoms. The zero-order valence-electron chi connectivity index (χ0n) is 29.8. The first-order chi connectivity index (χ1) is 26.5. The maximum absolute atomic E-state index is 13.1. The highest BCUT2D eigenvalue weighted by Gasteiger charge is 2.31. The van der Waals surface area contributed by atoms with Gasteiger partial charge < -0.3 is 9.80 Å². The Kier molecular flexibility index (Phi) is 11.7. The van der Waals surface area contributed by atoms with Crippen LogP contribution in [-0.4, -0.2) is 87.8 Å². The number of sulfonamides is 2. The largest absolute Gasteiger partial charge is 0.345 e. The van der Waals surface area contributed by atoms with Crippen molar-refractivity contribution in [2.75, 3.05) is 62.2 Å². The lowest BCUT2D eigenvalue weighted by Gasteiger charge is -2.33. The maximum Gasteiger partial charge on any atom is 0.243 e. The SMILES string of the molecule is Cc1ccccc1-c1csc(N2CCN(S(=O)(=O)c3ccc(F)cc3)CC2)n1.O=S(=O)(c1ccc(F)cc1)N1CCN(c2nc(-c3ccccc3)cs2)CC1. The molecule has 8 rings (SSSR count). The number of benzene rings is 4. The molecular formula is C39H38F2N6O4S4. The van der Waals surface area contributed by atoms with Crippen LogP contribution in [0, 0.1) is 18.6 Å². The maximum atomic E-state index is 13.1. The van der Waals surface area contributed by atoms with Crippen LogP contribution < -0.4 is 9.80 Å². The quantitative estimate of drug-likeness (QED) is 0.159. The van der Waals surface area contributed by atoms with Gasteiger partial charge in [-0.15, -0.1) is 22.7 Å². The molecule has 0 saturated carbocycles. The van der Waals surface area contributed by atoms with Crippen LogP contribution in [0.3, 0.4) is 0 Å². The van der Waals surface area contributed by atoms with Gasteiger partial charge in [0.05, 0.1) is 21.2 Å². The standard InChI is InChI=1S/C20H20FN3O2S2.C19H18FN3O2S2/c1-15-4-2-3-5-18(15)19-14-27-20(22-19)23-10-12-24(13-11-23)28(25,26)17-8-6-16(21)7-9-17;20-16-6-8-17(9-7-16)27(24,25)23-12-10-22(11-13-23)19-21-18(14-26-19)15-4-2-1-3-5-15/h2-9,14H,10-13H2,1H3;1-9,14H,10-13H2. The van der Waals surface area contributed by atoms with Crippen LogP contribution in [0.25, 0.3) is 22.5 Å². The van der Waals surface area contributed by atoms with Gasteiger partial charge in [0.15, 0.2) is 10.3 Å². The number of hydrogen-bond donors (Lipinski definition) is 0. The van der Waals surface area contributed by atoms with Crippen molar-refractivity contribution in [3.05, 3.63) is 131 Å². The van der Waals surface area contributed by atoms with Crippen LogP contribution in [0.4, 0.5) is 19.0 Å². The molecule has 2 saturated heterocycles. The van der Waals surface area contributed by atoms with E-state index < -0.39 is 31.7 Å². The van der Waals surface area contributed by atoms with Crippen molar-refractivity contribution < 1.29 is 25.6 Å². The van der Waals surface area contributed by atoms with Crippen molar-refractivity contribution in [2.45, 2.75) is 16.7 Å². The molecule has 0 radical (unpaired) electrons. The number of aryl methyl sites for hydroxylation is 1. The number of halogens is 2. The van der Waals surface area contributed by atoms with E-state index in [1.54, 1.807) is 22.7 Å². The molecule has 2 fully saturated rings. The van der Waals surface area contributed by atoms with E-state index in [4.69, 9.17) is 9.97 Å². The smallest absolute Gasteiger partial charge is 0.243 e. The Morgan fingerprint density at radius 3 is 1.42 bits per heavy atom. The molecule has 4 heterocycles. The summed E-state index contributed by atoms with van der Waals surface area (Å²) in [5, 5.41) is 5.86. The van der Waals surface area contributed by atoms with Gasteiger partial charge in [-0.25, -0.2) is 35.6 Å². The Balaban J connectivity index is 0.000000169. The van der Waals surface area contributed by atoms with Gasteiger partial charge in [-0.1, -0.05) is 54.6 Å². The predicted molar refractivity (Wildman–Crippen MR) is 215 cm³/mol. The minimum atomic E-state index is -3.60. The molecule has 0 unspecified atom stereocenters. The molecule has 0 spiro atoms. The van der Waals surface area contributed by atoms with E-state index in [1.807, 2.05) is 53.2 Å². The first-order valence-corrected chi connectivity index (χ1v) is 22.2. The fourth-order valence-electron chi connectivity index (χ4n) is 6.30. The van der Waals surface area contributed by atoms with Crippen LogP contribution >= 0.6 is 22.7 Å². The summed E-state index contributed by atoms with van der Waals surface area (Å²) in [6, 6.07) is 28.0. The van der Waals surface area contributed by atoms with Gasteiger partial charge in [-0.2, -0.15) is 8.61 Å². The van der Waals surface area contributed by atoms with Crippen LogP contribution in [0.1, 0.15) is 5.56 Å². The van der Waals surface area contributed by atoms with Crippen LogP contribution in [0.2, 0.25) is 0 Å². The zero-order valence-corrected chi connectivity index (χ0v) is 33.1. The van der Waals surface area contributed by atoms with Crippen LogP contribution in [0.15, 0.2) is 124 Å². The molecule has 4 aromatic carbocycles. The predicted octanol–water partition coefficient (Wildman–Crippen LogP) is 7.23. The number of rotatable bonds is 8. The highest BCUT2D eigenvalue weighted by molar-refractivity contribution is 7.89. The van der Waals surface area contributed by atoms with Gasteiger partial charge in [0.1, 0.15) is 11.6 Å². The van der Waals surface area contributed by atoms with Crippen molar-refractivity contribution in [1.29, 1.82) is 0 Å². The molecule has 0 amide bonds. The van der Waals surface area contributed by atoms with E-state index in [0.29, 0.717) is 52.4 Å². The summed E-state index contributed by atoms with van der Waals surface area (Å²) >= 11 is 3.13. The second kappa shape index (κ2) is 16.6. The van der Waals surface area contributed by atoms with E-state index in [0.717, 1.165) is 32.8 Å². The van der Waals surface area contributed by atoms with Gasteiger partial charge >= 0.3 is 0 Å². The summed E-state index contributed by atoms with van der Waals surface area (Å²) in [7, 11) is -7.20. The molecule has 2 aliphatic heterocycles. The van der Waals surface area contributed by atoms with Crippen molar-refractivity contribution >= 4 is 53.0 Å². The Bertz CT molecular complexity index is 2430.